The van der Waals surface area contributed by atoms with Gasteiger partial charge in [-0.05, 0) is 45.0 Å². The van der Waals surface area contributed by atoms with Crippen LogP contribution in [0.15, 0.2) is 0 Å². The summed E-state index contributed by atoms with van der Waals surface area (Å²) in [5, 5.41) is 0. The second kappa shape index (κ2) is 8.43. The molecule has 2 atom stereocenters. The topological polar surface area (TPSA) is 29.3 Å². The third kappa shape index (κ3) is 7.20. The van der Waals surface area contributed by atoms with Crippen LogP contribution in [0.2, 0.25) is 0 Å². The third-order valence-electron chi connectivity index (χ3n) is 2.84. The number of hydrogen-bond acceptors (Lipinski definition) is 3. The molecule has 0 rings (SSSR count). The molecule has 0 amide bonds. The van der Waals surface area contributed by atoms with Crippen molar-refractivity contribution in [1.82, 2.24) is 4.90 Å². The number of nitrogens with two attached hydrogens (primary N) is 1. The highest BCUT2D eigenvalue weighted by molar-refractivity contribution is 7.98. The van der Waals surface area contributed by atoms with Crippen LogP contribution in [0.4, 0.5) is 0 Å². The monoisotopic (exact) mass is 232 g/mol. The molecule has 0 aromatic carbocycles. The Hall–Kier alpha value is 0.270. The average molecular weight is 232 g/mol. The van der Waals surface area contributed by atoms with E-state index in [-0.39, 0.29) is 0 Å². The van der Waals surface area contributed by atoms with Crippen LogP contribution in [-0.2, 0) is 0 Å². The Balaban J connectivity index is 3.94. The first-order valence-electron chi connectivity index (χ1n) is 5.90. The molecule has 0 spiro atoms. The summed E-state index contributed by atoms with van der Waals surface area (Å²) < 4.78 is 0. The Morgan fingerprint density at radius 3 is 2.27 bits per heavy atom. The van der Waals surface area contributed by atoms with E-state index in [1.165, 1.54) is 12.2 Å². The van der Waals surface area contributed by atoms with Crippen molar-refractivity contribution in [2.24, 2.45) is 17.6 Å². The normalized spacial score (nSPS) is 16.0. The largest absolute Gasteiger partial charge is 0.330 e. The summed E-state index contributed by atoms with van der Waals surface area (Å²) in [7, 11) is 2.21. The second-order valence-electron chi connectivity index (χ2n) is 4.98. The van der Waals surface area contributed by atoms with Crippen molar-refractivity contribution < 1.29 is 0 Å². The Labute approximate surface area is 100.0 Å². The molecule has 0 saturated heterocycles. The van der Waals surface area contributed by atoms with Gasteiger partial charge in [-0.2, -0.15) is 11.8 Å². The Bertz CT molecular complexity index is 151. The van der Waals surface area contributed by atoms with Crippen molar-refractivity contribution in [1.29, 1.82) is 0 Å². The predicted molar refractivity (Wildman–Crippen MR) is 72.5 cm³/mol. The van der Waals surface area contributed by atoms with Crippen molar-refractivity contribution in [2.45, 2.75) is 33.2 Å². The smallest absolute Gasteiger partial charge is 0.0155 e. The zero-order chi connectivity index (χ0) is 11.8. The van der Waals surface area contributed by atoms with Gasteiger partial charge in [0.15, 0.2) is 0 Å². The molecule has 2 nitrogen and oxygen atoms in total. The fourth-order valence-corrected chi connectivity index (χ4v) is 2.60. The Morgan fingerprint density at radius 2 is 1.87 bits per heavy atom. The molecule has 2 unspecified atom stereocenters. The van der Waals surface area contributed by atoms with Crippen molar-refractivity contribution in [2.75, 3.05) is 32.1 Å². The molecule has 0 bridgehead atoms. The minimum Gasteiger partial charge on any atom is -0.330 e. The van der Waals surface area contributed by atoms with E-state index in [2.05, 4.69) is 39.0 Å². The lowest BCUT2D eigenvalue weighted by Crippen LogP contribution is -2.37. The minimum absolute atomic E-state index is 0.652. The van der Waals surface area contributed by atoms with Crippen LogP contribution in [0.25, 0.3) is 0 Å². The van der Waals surface area contributed by atoms with Crippen molar-refractivity contribution in [3.05, 3.63) is 0 Å². The van der Waals surface area contributed by atoms with E-state index in [1.54, 1.807) is 0 Å². The quantitative estimate of drug-likeness (QED) is 0.696. The van der Waals surface area contributed by atoms with Crippen LogP contribution in [-0.4, -0.2) is 43.1 Å². The maximum atomic E-state index is 5.81. The number of rotatable bonds is 8. The van der Waals surface area contributed by atoms with E-state index < -0.39 is 0 Å². The Morgan fingerprint density at radius 1 is 1.27 bits per heavy atom. The van der Waals surface area contributed by atoms with Crippen molar-refractivity contribution >= 4 is 11.8 Å². The third-order valence-corrected chi connectivity index (χ3v) is 3.66. The van der Waals surface area contributed by atoms with Crippen LogP contribution in [0.1, 0.15) is 27.2 Å². The summed E-state index contributed by atoms with van der Waals surface area (Å²) in [5.74, 6) is 2.61. The molecule has 0 aliphatic rings. The minimum atomic E-state index is 0.652. The molecular weight excluding hydrogens is 204 g/mol. The van der Waals surface area contributed by atoms with Crippen LogP contribution < -0.4 is 5.73 Å². The summed E-state index contributed by atoms with van der Waals surface area (Å²) in [6.07, 6.45) is 3.41. The van der Waals surface area contributed by atoms with Gasteiger partial charge in [0, 0.05) is 18.3 Å². The van der Waals surface area contributed by atoms with E-state index in [9.17, 15) is 0 Å². The lowest BCUT2D eigenvalue weighted by Gasteiger charge is -2.29. The van der Waals surface area contributed by atoms with E-state index in [0.29, 0.717) is 12.0 Å². The van der Waals surface area contributed by atoms with Gasteiger partial charge in [0.2, 0.25) is 0 Å². The van der Waals surface area contributed by atoms with Gasteiger partial charge in [-0.25, -0.2) is 0 Å². The van der Waals surface area contributed by atoms with E-state index >= 15 is 0 Å². The molecule has 3 heteroatoms. The molecule has 15 heavy (non-hydrogen) atoms. The maximum Gasteiger partial charge on any atom is 0.0155 e. The van der Waals surface area contributed by atoms with E-state index in [1.807, 2.05) is 11.8 Å². The molecule has 0 aromatic heterocycles. The zero-order valence-corrected chi connectivity index (χ0v) is 11.8. The highest BCUT2D eigenvalue weighted by Crippen LogP contribution is 2.13. The van der Waals surface area contributed by atoms with Gasteiger partial charge in [-0.15, -0.1) is 0 Å². The summed E-state index contributed by atoms with van der Waals surface area (Å²) in [5.41, 5.74) is 5.81. The van der Waals surface area contributed by atoms with Gasteiger partial charge in [-0.3, -0.25) is 0 Å². The Kier molecular flexibility index (Phi) is 8.58. The summed E-state index contributed by atoms with van der Waals surface area (Å²) in [6, 6.07) is 0.654. The SMILES string of the molecule is CSCC(C)N(C)CC(CN)CC(C)C. The molecule has 0 saturated carbocycles. The molecule has 0 aliphatic carbocycles. The molecule has 0 fully saturated rings. The molecule has 92 valence electrons. The molecule has 2 N–H and O–H groups in total. The highest BCUT2D eigenvalue weighted by atomic mass is 32.2. The maximum absolute atomic E-state index is 5.81. The first-order chi connectivity index (χ1) is 7.01. The van der Waals surface area contributed by atoms with Crippen LogP contribution in [0.3, 0.4) is 0 Å². The first-order valence-corrected chi connectivity index (χ1v) is 7.29. The number of hydrogen-bond donors (Lipinski definition) is 1. The van der Waals surface area contributed by atoms with Crippen molar-refractivity contribution in [3.8, 4) is 0 Å². The summed E-state index contributed by atoms with van der Waals surface area (Å²) in [6.45, 7) is 8.78. The molecule has 0 heterocycles. The van der Waals surface area contributed by atoms with Gasteiger partial charge in [0.25, 0.3) is 0 Å². The lowest BCUT2D eigenvalue weighted by molar-refractivity contribution is 0.219. The molecular formula is C12H28N2S. The fourth-order valence-electron chi connectivity index (χ4n) is 1.87. The van der Waals surface area contributed by atoms with Crippen LogP contribution in [0, 0.1) is 11.8 Å². The van der Waals surface area contributed by atoms with E-state index in [0.717, 1.165) is 19.0 Å². The number of thioether (sulfide) groups is 1. The average Bonchev–Trinajstić information content (AvgIpc) is 2.16. The second-order valence-corrected chi connectivity index (χ2v) is 5.89. The van der Waals surface area contributed by atoms with Crippen LogP contribution >= 0.6 is 11.8 Å². The summed E-state index contributed by atoms with van der Waals surface area (Å²) >= 11 is 1.91. The zero-order valence-electron chi connectivity index (χ0n) is 11.0. The van der Waals surface area contributed by atoms with Gasteiger partial charge in [0.1, 0.15) is 0 Å². The molecule has 0 radical (unpaired) electrons. The first kappa shape index (κ1) is 15.3. The van der Waals surface area contributed by atoms with E-state index in [4.69, 9.17) is 5.73 Å². The fraction of sp³-hybridized carbons (Fsp3) is 1.00. The van der Waals surface area contributed by atoms with Gasteiger partial charge in [-0.1, -0.05) is 13.8 Å². The van der Waals surface area contributed by atoms with Gasteiger partial charge in [0.05, 0.1) is 0 Å². The van der Waals surface area contributed by atoms with Gasteiger partial charge >= 0.3 is 0 Å². The standard InChI is InChI=1S/C12H28N2S/c1-10(2)6-12(7-13)8-14(4)11(3)9-15-5/h10-12H,6-9,13H2,1-5H3. The molecule has 0 aromatic rings. The number of nitrogens with zero attached hydrogens (tertiary/aromatic N) is 1. The van der Waals surface area contributed by atoms with Crippen LogP contribution in [0.5, 0.6) is 0 Å². The lowest BCUT2D eigenvalue weighted by atomic mass is 9.96. The van der Waals surface area contributed by atoms with Crippen molar-refractivity contribution in [3.63, 3.8) is 0 Å². The summed E-state index contributed by atoms with van der Waals surface area (Å²) in [4.78, 5) is 2.44. The predicted octanol–water partition coefficient (Wildman–Crippen LogP) is 2.29. The van der Waals surface area contributed by atoms with Gasteiger partial charge < -0.3 is 10.6 Å². The highest BCUT2D eigenvalue weighted by Gasteiger charge is 2.15. The molecule has 0 aliphatic heterocycles.